The Bertz CT molecular complexity index is 631. The van der Waals surface area contributed by atoms with E-state index in [2.05, 4.69) is 49.2 Å². The smallest absolute Gasteiger partial charge is 0.234 e. The normalized spacial score (nSPS) is 11.7. The number of nitrogens with zero attached hydrogens (tertiary/aromatic N) is 2. The van der Waals surface area contributed by atoms with Crippen molar-refractivity contribution >= 4 is 0 Å². The molecule has 0 aliphatic rings. The van der Waals surface area contributed by atoms with E-state index in [1.807, 2.05) is 0 Å². The summed E-state index contributed by atoms with van der Waals surface area (Å²) in [5.74, 6) is 2.15. The Morgan fingerprint density at radius 2 is 0.800 bits per heavy atom. The summed E-state index contributed by atoms with van der Waals surface area (Å²) in [5.41, 5.74) is 0. The fourth-order valence-electron chi connectivity index (χ4n) is 6.47. The first kappa shape index (κ1) is 37.2. The molecule has 0 aromatic carbocycles. The molecule has 40 heavy (non-hydrogen) atoms. The average Bonchev–Trinajstić information content (AvgIpc) is 3.36. The molecule has 1 aromatic heterocycles. The zero-order valence-electron chi connectivity index (χ0n) is 28.3. The highest BCUT2D eigenvalue weighted by Crippen LogP contribution is 2.16. The van der Waals surface area contributed by atoms with Gasteiger partial charge in [0.15, 0.2) is 0 Å². The lowest BCUT2D eigenvalue weighted by molar-refractivity contribution is -0.705. The van der Waals surface area contributed by atoms with Crippen LogP contribution in [-0.4, -0.2) is 4.57 Å². The molecule has 0 spiro atoms. The third kappa shape index (κ3) is 21.0. The topological polar surface area (TPSA) is 8.81 Å². The Hall–Kier alpha value is -0.790. The average molecular weight is 560 g/mol. The first-order chi connectivity index (χ1) is 19.7. The number of hydrogen-bond acceptors (Lipinski definition) is 0. The van der Waals surface area contributed by atoms with Gasteiger partial charge in [0.25, 0.3) is 5.82 Å². The molecule has 1 rings (SSSR count). The molecule has 2 nitrogen and oxygen atoms in total. The van der Waals surface area contributed by atoms with E-state index in [-0.39, 0.29) is 0 Å². The van der Waals surface area contributed by atoms with Crippen LogP contribution in [0.15, 0.2) is 12.4 Å². The minimum absolute atomic E-state index is 0.605. The quantitative estimate of drug-likeness (QED) is 0.0631. The van der Waals surface area contributed by atoms with Crippen molar-refractivity contribution in [3.63, 3.8) is 0 Å². The van der Waals surface area contributed by atoms with Crippen LogP contribution in [0.5, 0.6) is 0 Å². The van der Waals surface area contributed by atoms with Crippen LogP contribution in [0.1, 0.15) is 219 Å². The summed E-state index contributed by atoms with van der Waals surface area (Å²) in [6.07, 6.45) is 45.0. The third-order valence-electron chi connectivity index (χ3n) is 9.04. The lowest BCUT2D eigenvalue weighted by Crippen LogP contribution is -2.38. The van der Waals surface area contributed by atoms with Gasteiger partial charge in [-0.25, -0.2) is 9.13 Å². The molecule has 0 N–H and O–H groups in total. The van der Waals surface area contributed by atoms with Crippen molar-refractivity contribution < 1.29 is 4.57 Å². The van der Waals surface area contributed by atoms with Gasteiger partial charge in [-0.2, -0.15) is 0 Å². The maximum atomic E-state index is 2.56. The summed E-state index contributed by atoms with van der Waals surface area (Å²) < 4.78 is 5.13. The van der Waals surface area contributed by atoms with Gasteiger partial charge in [-0.3, -0.25) is 0 Å². The van der Waals surface area contributed by atoms with Crippen LogP contribution in [0.4, 0.5) is 0 Å². The minimum Gasteiger partial charge on any atom is -0.234 e. The highest BCUT2D eigenvalue weighted by Gasteiger charge is 2.20. The van der Waals surface area contributed by atoms with Crippen molar-refractivity contribution in [2.45, 2.75) is 226 Å². The molecule has 0 amide bonds. The SMILES string of the molecule is CCCCCCCCCCCCCCCCCCC[n+]1ccn(CCCCCCCCCCCCC)c1C(C)C. The van der Waals surface area contributed by atoms with Gasteiger partial charge in [-0.15, -0.1) is 0 Å². The van der Waals surface area contributed by atoms with Crippen molar-refractivity contribution in [2.24, 2.45) is 0 Å². The van der Waals surface area contributed by atoms with E-state index in [1.54, 1.807) is 5.82 Å². The van der Waals surface area contributed by atoms with E-state index in [0.29, 0.717) is 5.92 Å². The number of unbranched alkanes of at least 4 members (excludes halogenated alkanes) is 26. The Kier molecular flexibility index (Phi) is 26.4. The van der Waals surface area contributed by atoms with Gasteiger partial charge in [0.1, 0.15) is 12.4 Å². The van der Waals surface area contributed by atoms with Crippen molar-refractivity contribution in [2.75, 3.05) is 0 Å². The second-order valence-corrected chi connectivity index (χ2v) is 13.4. The fourth-order valence-corrected chi connectivity index (χ4v) is 6.47. The van der Waals surface area contributed by atoms with Gasteiger partial charge in [0.2, 0.25) is 0 Å². The molecule has 0 fully saturated rings. The molecule has 0 radical (unpaired) electrons. The van der Waals surface area contributed by atoms with Crippen molar-refractivity contribution in [1.29, 1.82) is 0 Å². The lowest BCUT2D eigenvalue weighted by Gasteiger charge is -2.08. The second-order valence-electron chi connectivity index (χ2n) is 13.4. The minimum atomic E-state index is 0.605. The molecule has 1 heterocycles. The highest BCUT2D eigenvalue weighted by molar-refractivity contribution is 4.89. The van der Waals surface area contributed by atoms with Gasteiger partial charge in [0.05, 0.1) is 19.0 Å². The molecule has 0 aliphatic carbocycles. The molecule has 0 saturated carbocycles. The molecular weight excluding hydrogens is 484 g/mol. The van der Waals surface area contributed by atoms with Gasteiger partial charge < -0.3 is 0 Å². The molecule has 0 saturated heterocycles. The number of rotatable bonds is 31. The maximum absolute atomic E-state index is 2.56. The summed E-state index contributed by atoms with van der Waals surface area (Å²) in [4.78, 5) is 0. The largest absolute Gasteiger partial charge is 0.258 e. The Morgan fingerprint density at radius 3 is 1.15 bits per heavy atom. The molecule has 2 heteroatoms. The van der Waals surface area contributed by atoms with Gasteiger partial charge >= 0.3 is 0 Å². The van der Waals surface area contributed by atoms with Gasteiger partial charge in [-0.1, -0.05) is 182 Å². The standard InChI is InChI=1S/C38H75N2/c1-5-7-9-11-13-15-17-18-19-20-21-22-24-26-28-30-32-34-40-36-35-39(38(40)37(3)4)33-31-29-27-25-23-16-14-12-10-8-6-2/h35-37H,5-34H2,1-4H3/q+1. The number of aromatic nitrogens is 2. The van der Waals surface area contributed by atoms with Gasteiger partial charge in [0, 0.05) is 0 Å². The number of aryl methyl sites for hydroxylation is 2. The summed E-state index contributed by atoms with van der Waals surface area (Å²) in [7, 11) is 0. The molecule has 0 atom stereocenters. The zero-order chi connectivity index (χ0) is 28.9. The molecule has 0 bridgehead atoms. The van der Waals surface area contributed by atoms with E-state index < -0.39 is 0 Å². The van der Waals surface area contributed by atoms with E-state index >= 15 is 0 Å². The molecule has 0 unspecified atom stereocenters. The van der Waals surface area contributed by atoms with E-state index in [1.165, 1.54) is 193 Å². The van der Waals surface area contributed by atoms with Gasteiger partial charge in [-0.05, 0) is 25.7 Å². The fraction of sp³-hybridized carbons (Fsp3) is 0.921. The maximum Gasteiger partial charge on any atom is 0.258 e. The summed E-state index contributed by atoms with van der Waals surface area (Å²) in [6, 6.07) is 0. The first-order valence-electron chi connectivity index (χ1n) is 18.8. The third-order valence-corrected chi connectivity index (χ3v) is 9.04. The summed E-state index contributed by atoms with van der Waals surface area (Å²) >= 11 is 0. The van der Waals surface area contributed by atoms with Crippen LogP contribution < -0.4 is 4.57 Å². The van der Waals surface area contributed by atoms with Crippen LogP contribution in [0.2, 0.25) is 0 Å². The van der Waals surface area contributed by atoms with E-state index in [4.69, 9.17) is 0 Å². The Balaban J connectivity index is 2.00. The second kappa shape index (κ2) is 28.3. The molecule has 0 aliphatic heterocycles. The van der Waals surface area contributed by atoms with Crippen molar-refractivity contribution in [1.82, 2.24) is 4.57 Å². The molecule has 1 aromatic rings. The number of imidazole rings is 1. The van der Waals surface area contributed by atoms with E-state index in [0.717, 1.165) is 0 Å². The van der Waals surface area contributed by atoms with Crippen molar-refractivity contribution in [3.05, 3.63) is 18.2 Å². The first-order valence-corrected chi connectivity index (χ1v) is 18.8. The molecule has 236 valence electrons. The van der Waals surface area contributed by atoms with Crippen LogP contribution in [0, 0.1) is 0 Å². The zero-order valence-corrected chi connectivity index (χ0v) is 28.3. The Morgan fingerprint density at radius 1 is 0.475 bits per heavy atom. The summed E-state index contributed by atoms with van der Waals surface area (Å²) in [5, 5.41) is 0. The lowest BCUT2D eigenvalue weighted by atomic mass is 10.0. The molecular formula is C38H75N2+. The summed E-state index contributed by atoms with van der Waals surface area (Å²) in [6.45, 7) is 11.8. The predicted molar refractivity (Wildman–Crippen MR) is 179 cm³/mol. The monoisotopic (exact) mass is 560 g/mol. The van der Waals surface area contributed by atoms with Crippen LogP contribution in [0.3, 0.4) is 0 Å². The van der Waals surface area contributed by atoms with Crippen molar-refractivity contribution in [3.8, 4) is 0 Å². The van der Waals surface area contributed by atoms with E-state index in [9.17, 15) is 0 Å². The van der Waals surface area contributed by atoms with Crippen LogP contribution in [0.25, 0.3) is 0 Å². The van der Waals surface area contributed by atoms with Crippen LogP contribution >= 0.6 is 0 Å². The highest BCUT2D eigenvalue weighted by atomic mass is 15.1. The number of hydrogen-bond donors (Lipinski definition) is 0. The predicted octanol–water partition coefficient (Wildman–Crippen LogP) is 12.9. The van der Waals surface area contributed by atoms with Crippen LogP contribution in [-0.2, 0) is 13.1 Å². The Labute approximate surface area is 253 Å².